The molecule has 0 bridgehead atoms. The Labute approximate surface area is 123 Å². The van der Waals surface area contributed by atoms with E-state index in [-0.39, 0.29) is 10.6 Å². The second-order valence-corrected chi connectivity index (χ2v) is 6.67. The fourth-order valence-electron chi connectivity index (χ4n) is 2.21. The number of nitrogens with one attached hydrogen (secondary N) is 2. The van der Waals surface area contributed by atoms with Crippen LogP contribution in [0.4, 0.5) is 0 Å². The molecule has 0 spiro atoms. The zero-order valence-electron chi connectivity index (χ0n) is 12.4. The lowest BCUT2D eigenvalue weighted by atomic mass is 10.3. The molecule has 0 saturated heterocycles. The standard InChI is InChI=1S/C13H20N4O3S/c1-14-7-4-8-15-21(19,20)10-5-6-11-12(9-10)17(3)13(18)16(11)2/h5-6,9,14-15H,4,7-8H2,1-3H3. The molecule has 1 aromatic carbocycles. The van der Waals surface area contributed by atoms with Crippen molar-refractivity contribution in [2.45, 2.75) is 11.3 Å². The van der Waals surface area contributed by atoms with Crippen LogP contribution in [0.3, 0.4) is 0 Å². The van der Waals surface area contributed by atoms with Crippen LogP contribution in [0.5, 0.6) is 0 Å². The van der Waals surface area contributed by atoms with Crippen LogP contribution < -0.4 is 15.7 Å². The SMILES string of the molecule is CNCCCNS(=O)(=O)c1ccc2c(c1)n(C)c(=O)n2C. The molecule has 0 fully saturated rings. The van der Waals surface area contributed by atoms with Crippen molar-refractivity contribution in [2.75, 3.05) is 20.1 Å². The van der Waals surface area contributed by atoms with Crippen LogP contribution in [0, 0.1) is 0 Å². The van der Waals surface area contributed by atoms with Crippen LogP contribution in [0.25, 0.3) is 11.0 Å². The molecule has 2 rings (SSSR count). The summed E-state index contributed by atoms with van der Waals surface area (Å²) in [5, 5.41) is 2.96. The Morgan fingerprint density at radius 3 is 2.43 bits per heavy atom. The third-order valence-electron chi connectivity index (χ3n) is 3.45. The van der Waals surface area contributed by atoms with Crippen molar-refractivity contribution in [3.05, 3.63) is 28.7 Å². The van der Waals surface area contributed by atoms with Gasteiger partial charge in [0, 0.05) is 20.6 Å². The molecule has 0 aliphatic rings. The minimum absolute atomic E-state index is 0.167. The van der Waals surface area contributed by atoms with E-state index < -0.39 is 10.0 Å². The molecule has 8 heteroatoms. The average molecular weight is 312 g/mol. The van der Waals surface area contributed by atoms with E-state index in [1.54, 1.807) is 20.2 Å². The van der Waals surface area contributed by atoms with Crippen molar-refractivity contribution in [1.29, 1.82) is 0 Å². The maximum Gasteiger partial charge on any atom is 0.328 e. The van der Waals surface area contributed by atoms with Gasteiger partial charge < -0.3 is 5.32 Å². The van der Waals surface area contributed by atoms with Crippen LogP contribution in [-0.2, 0) is 24.1 Å². The van der Waals surface area contributed by atoms with Crippen molar-refractivity contribution in [1.82, 2.24) is 19.2 Å². The van der Waals surface area contributed by atoms with E-state index in [0.717, 1.165) is 6.54 Å². The molecule has 1 heterocycles. The molecular weight excluding hydrogens is 292 g/mol. The zero-order valence-corrected chi connectivity index (χ0v) is 13.2. The maximum atomic E-state index is 12.2. The van der Waals surface area contributed by atoms with Gasteiger partial charge in [0.25, 0.3) is 0 Å². The van der Waals surface area contributed by atoms with E-state index >= 15 is 0 Å². The van der Waals surface area contributed by atoms with Crippen LogP contribution in [0.2, 0.25) is 0 Å². The van der Waals surface area contributed by atoms with Crippen LogP contribution in [0.1, 0.15) is 6.42 Å². The van der Waals surface area contributed by atoms with E-state index in [9.17, 15) is 13.2 Å². The van der Waals surface area contributed by atoms with Gasteiger partial charge in [-0.1, -0.05) is 0 Å². The molecule has 0 aliphatic heterocycles. The molecule has 116 valence electrons. The van der Waals surface area contributed by atoms with E-state index in [1.165, 1.54) is 21.3 Å². The Kier molecular flexibility index (Phi) is 4.50. The van der Waals surface area contributed by atoms with Gasteiger partial charge in [-0.05, 0) is 38.2 Å². The van der Waals surface area contributed by atoms with Crippen molar-refractivity contribution >= 4 is 21.1 Å². The third kappa shape index (κ3) is 3.02. The van der Waals surface area contributed by atoms with Gasteiger partial charge in [-0.2, -0.15) is 0 Å². The Bertz CT molecular complexity index is 805. The highest BCUT2D eigenvalue weighted by Crippen LogP contribution is 2.17. The lowest BCUT2D eigenvalue weighted by molar-refractivity contribution is 0.577. The summed E-state index contributed by atoms with van der Waals surface area (Å²) >= 11 is 0. The van der Waals surface area contributed by atoms with Gasteiger partial charge in [0.15, 0.2) is 0 Å². The zero-order chi connectivity index (χ0) is 15.6. The minimum atomic E-state index is -3.55. The number of fused-ring (bicyclic) bond motifs is 1. The summed E-state index contributed by atoms with van der Waals surface area (Å²) in [5.41, 5.74) is 1.12. The van der Waals surface area contributed by atoms with E-state index in [4.69, 9.17) is 0 Å². The van der Waals surface area contributed by atoms with Crippen molar-refractivity contribution in [2.24, 2.45) is 14.1 Å². The van der Waals surface area contributed by atoms with Gasteiger partial charge in [-0.25, -0.2) is 17.9 Å². The molecule has 1 aromatic heterocycles. The van der Waals surface area contributed by atoms with Crippen molar-refractivity contribution in [3.8, 4) is 0 Å². The summed E-state index contributed by atoms with van der Waals surface area (Å²) in [6, 6.07) is 4.69. The lowest BCUT2D eigenvalue weighted by Gasteiger charge is -2.07. The molecule has 0 unspecified atom stereocenters. The first-order valence-electron chi connectivity index (χ1n) is 6.68. The van der Waals surface area contributed by atoms with E-state index in [1.807, 2.05) is 7.05 Å². The quantitative estimate of drug-likeness (QED) is 0.721. The average Bonchev–Trinajstić information content (AvgIpc) is 2.68. The largest absolute Gasteiger partial charge is 0.328 e. The normalized spacial score (nSPS) is 12.1. The molecule has 7 nitrogen and oxygen atoms in total. The third-order valence-corrected chi connectivity index (χ3v) is 4.91. The molecule has 21 heavy (non-hydrogen) atoms. The predicted molar refractivity (Wildman–Crippen MR) is 81.9 cm³/mol. The molecular formula is C13H20N4O3S. The number of nitrogens with zero attached hydrogens (tertiary/aromatic N) is 2. The molecule has 2 N–H and O–H groups in total. The number of sulfonamides is 1. The van der Waals surface area contributed by atoms with Gasteiger partial charge in [0.1, 0.15) is 0 Å². The summed E-state index contributed by atoms with van der Waals surface area (Å²) in [6.07, 6.45) is 0.710. The molecule has 0 saturated carbocycles. The molecule has 0 radical (unpaired) electrons. The monoisotopic (exact) mass is 312 g/mol. The highest BCUT2D eigenvalue weighted by atomic mass is 32.2. The Morgan fingerprint density at radius 1 is 1.10 bits per heavy atom. The smallest absolute Gasteiger partial charge is 0.320 e. The predicted octanol–water partition coefficient (Wildman–Crippen LogP) is -0.235. The number of hydrogen-bond acceptors (Lipinski definition) is 4. The van der Waals surface area contributed by atoms with Gasteiger partial charge >= 0.3 is 5.69 Å². The fraction of sp³-hybridized carbons (Fsp3) is 0.462. The number of rotatable bonds is 6. The Balaban J connectivity index is 2.34. The van der Waals surface area contributed by atoms with Crippen molar-refractivity contribution in [3.63, 3.8) is 0 Å². The van der Waals surface area contributed by atoms with E-state index in [2.05, 4.69) is 10.0 Å². The molecule has 0 aliphatic carbocycles. The first kappa shape index (κ1) is 15.7. The van der Waals surface area contributed by atoms with Gasteiger partial charge in [0.05, 0.1) is 15.9 Å². The first-order chi connectivity index (χ1) is 9.88. The summed E-state index contributed by atoms with van der Waals surface area (Å²) in [4.78, 5) is 12.0. The maximum absolute atomic E-state index is 12.2. The topological polar surface area (TPSA) is 85.1 Å². The molecule has 0 amide bonds. The summed E-state index contributed by atoms with van der Waals surface area (Å²) < 4.78 is 29.9. The van der Waals surface area contributed by atoms with Crippen LogP contribution >= 0.6 is 0 Å². The second kappa shape index (κ2) is 6.00. The Hall–Kier alpha value is -1.64. The molecule has 2 aromatic rings. The highest BCUT2D eigenvalue weighted by Gasteiger charge is 2.16. The van der Waals surface area contributed by atoms with Gasteiger partial charge in [-0.15, -0.1) is 0 Å². The highest BCUT2D eigenvalue weighted by molar-refractivity contribution is 7.89. The summed E-state index contributed by atoms with van der Waals surface area (Å²) in [6.45, 7) is 1.11. The summed E-state index contributed by atoms with van der Waals surface area (Å²) in [5.74, 6) is 0. The number of aromatic nitrogens is 2. The number of hydrogen-bond donors (Lipinski definition) is 2. The lowest BCUT2D eigenvalue weighted by Crippen LogP contribution is -2.26. The number of aryl methyl sites for hydroxylation is 2. The Morgan fingerprint density at radius 2 is 1.76 bits per heavy atom. The first-order valence-corrected chi connectivity index (χ1v) is 8.16. The number of benzene rings is 1. The van der Waals surface area contributed by atoms with Crippen LogP contribution in [-0.4, -0.2) is 37.7 Å². The van der Waals surface area contributed by atoms with Crippen molar-refractivity contribution < 1.29 is 8.42 Å². The number of imidazole rings is 1. The fourth-order valence-corrected chi connectivity index (χ4v) is 3.30. The van der Waals surface area contributed by atoms with Gasteiger partial charge in [0.2, 0.25) is 10.0 Å². The molecule has 0 atom stereocenters. The summed E-state index contributed by atoms with van der Waals surface area (Å²) in [7, 11) is 1.55. The second-order valence-electron chi connectivity index (χ2n) is 4.91. The van der Waals surface area contributed by atoms with Crippen LogP contribution in [0.15, 0.2) is 27.9 Å². The van der Waals surface area contributed by atoms with E-state index in [0.29, 0.717) is 24.0 Å². The van der Waals surface area contributed by atoms with Gasteiger partial charge in [-0.3, -0.25) is 9.13 Å². The minimum Gasteiger partial charge on any atom is -0.320 e.